The molecule has 0 unspecified atom stereocenters. The predicted octanol–water partition coefficient (Wildman–Crippen LogP) is 2.70. The molecule has 1 atom stereocenters. The normalized spacial score (nSPS) is 19.5. The molecule has 0 bridgehead atoms. The van der Waals surface area contributed by atoms with E-state index in [1.54, 1.807) is 6.20 Å². The van der Waals surface area contributed by atoms with Gasteiger partial charge in [-0.2, -0.15) is 5.10 Å². The number of hydrogen-bond donors (Lipinski definition) is 2. The second-order valence-corrected chi connectivity index (χ2v) is 7.05. The molecule has 6 heteroatoms. The Morgan fingerprint density at radius 3 is 2.96 bits per heavy atom. The monoisotopic (exact) mass is 352 g/mol. The Bertz CT molecular complexity index is 914. The summed E-state index contributed by atoms with van der Waals surface area (Å²) >= 11 is 0. The van der Waals surface area contributed by atoms with Crippen LogP contribution in [0.5, 0.6) is 0 Å². The van der Waals surface area contributed by atoms with Gasteiger partial charge in [-0.25, -0.2) is 0 Å². The van der Waals surface area contributed by atoms with Gasteiger partial charge in [0.1, 0.15) is 5.69 Å². The summed E-state index contributed by atoms with van der Waals surface area (Å²) in [5, 5.41) is 22.1. The van der Waals surface area contributed by atoms with Gasteiger partial charge in [-0.3, -0.25) is 10.00 Å². The van der Waals surface area contributed by atoms with Crippen molar-refractivity contribution in [2.45, 2.75) is 38.3 Å². The number of hydrogen-bond acceptors (Lipinski definition) is 5. The Labute approximate surface area is 152 Å². The molecule has 1 aliphatic rings. The minimum absolute atomic E-state index is 0.0622. The van der Waals surface area contributed by atoms with E-state index in [-0.39, 0.29) is 6.61 Å². The molecule has 2 heterocycles. The van der Waals surface area contributed by atoms with Crippen molar-refractivity contribution < 1.29 is 9.63 Å². The van der Waals surface area contributed by atoms with E-state index in [0.717, 1.165) is 42.0 Å². The highest BCUT2D eigenvalue weighted by atomic mass is 16.5. The average Bonchev–Trinajstić information content (AvgIpc) is 3.27. The standard InChI is InChI=1S/C20H24N4O2/c1-14-17(12-22-24(14)2)19-10-16(26-23-19)11-21-20(13-25)9-5-7-15-6-3-4-8-18(15)20/h3-4,6,8,10,12,21,25H,5,7,9,11,13H2,1-2H3/t20-/m0/s1. The number of aliphatic hydroxyl groups excluding tert-OH is 1. The molecule has 0 aliphatic heterocycles. The van der Waals surface area contributed by atoms with Crippen LogP contribution in [0.2, 0.25) is 0 Å². The molecule has 3 aromatic rings. The third kappa shape index (κ3) is 2.85. The van der Waals surface area contributed by atoms with Crippen molar-refractivity contribution in [3.05, 3.63) is 59.1 Å². The highest BCUT2D eigenvalue weighted by Crippen LogP contribution is 2.35. The number of nitrogens with one attached hydrogen (secondary N) is 1. The van der Waals surface area contributed by atoms with Gasteiger partial charge in [0.15, 0.2) is 5.76 Å². The van der Waals surface area contributed by atoms with Crippen LogP contribution >= 0.6 is 0 Å². The molecule has 0 saturated heterocycles. The summed E-state index contributed by atoms with van der Waals surface area (Å²) in [4.78, 5) is 0. The third-order valence-electron chi connectivity index (χ3n) is 5.52. The Hall–Kier alpha value is -2.44. The molecular weight excluding hydrogens is 328 g/mol. The summed E-state index contributed by atoms with van der Waals surface area (Å²) in [5.74, 6) is 0.749. The second-order valence-electron chi connectivity index (χ2n) is 7.05. The van der Waals surface area contributed by atoms with Gasteiger partial charge in [0.25, 0.3) is 0 Å². The number of benzene rings is 1. The number of aliphatic hydroxyl groups is 1. The molecule has 1 aliphatic carbocycles. The van der Waals surface area contributed by atoms with E-state index in [2.05, 4.69) is 33.8 Å². The Balaban J connectivity index is 1.55. The fourth-order valence-corrected chi connectivity index (χ4v) is 3.85. The lowest BCUT2D eigenvalue weighted by Gasteiger charge is -2.38. The van der Waals surface area contributed by atoms with Crippen LogP contribution in [0.4, 0.5) is 0 Å². The molecule has 0 saturated carbocycles. The Morgan fingerprint density at radius 2 is 2.19 bits per heavy atom. The molecular formula is C20H24N4O2. The largest absolute Gasteiger partial charge is 0.394 e. The average molecular weight is 352 g/mol. The molecule has 0 radical (unpaired) electrons. The summed E-state index contributed by atoms with van der Waals surface area (Å²) in [6.45, 7) is 2.59. The molecule has 6 nitrogen and oxygen atoms in total. The van der Waals surface area contributed by atoms with Gasteiger partial charge in [0.05, 0.1) is 24.9 Å². The van der Waals surface area contributed by atoms with E-state index < -0.39 is 5.54 Å². The van der Waals surface area contributed by atoms with Crippen molar-refractivity contribution in [1.29, 1.82) is 0 Å². The van der Waals surface area contributed by atoms with Crippen molar-refractivity contribution in [2.75, 3.05) is 6.61 Å². The van der Waals surface area contributed by atoms with Crippen molar-refractivity contribution in [2.24, 2.45) is 7.05 Å². The smallest absolute Gasteiger partial charge is 0.151 e. The van der Waals surface area contributed by atoms with Crippen LogP contribution in [0.15, 0.2) is 41.1 Å². The van der Waals surface area contributed by atoms with Gasteiger partial charge in [0, 0.05) is 24.4 Å². The predicted molar refractivity (Wildman–Crippen MR) is 98.4 cm³/mol. The number of aryl methyl sites for hydroxylation is 2. The fourth-order valence-electron chi connectivity index (χ4n) is 3.85. The van der Waals surface area contributed by atoms with Crippen LogP contribution in [0.1, 0.15) is 35.4 Å². The number of rotatable bonds is 5. The van der Waals surface area contributed by atoms with Gasteiger partial charge in [-0.15, -0.1) is 0 Å². The zero-order valence-corrected chi connectivity index (χ0v) is 15.2. The van der Waals surface area contributed by atoms with E-state index in [1.165, 1.54) is 11.1 Å². The van der Waals surface area contributed by atoms with Crippen molar-refractivity contribution in [3.8, 4) is 11.3 Å². The van der Waals surface area contributed by atoms with Crippen molar-refractivity contribution in [1.82, 2.24) is 20.3 Å². The van der Waals surface area contributed by atoms with E-state index in [4.69, 9.17) is 4.52 Å². The Morgan fingerprint density at radius 1 is 1.35 bits per heavy atom. The SMILES string of the molecule is Cc1c(-c2cc(CN[C@]3(CO)CCCc4ccccc43)on2)cnn1C. The molecule has 4 rings (SSSR count). The first-order valence-corrected chi connectivity index (χ1v) is 9.02. The summed E-state index contributed by atoms with van der Waals surface area (Å²) in [6, 6.07) is 10.3. The summed E-state index contributed by atoms with van der Waals surface area (Å²) in [7, 11) is 1.91. The van der Waals surface area contributed by atoms with Gasteiger partial charge in [-0.05, 0) is 37.3 Å². The quantitative estimate of drug-likeness (QED) is 0.738. The van der Waals surface area contributed by atoms with Crippen LogP contribution < -0.4 is 5.32 Å². The van der Waals surface area contributed by atoms with Gasteiger partial charge in [0.2, 0.25) is 0 Å². The van der Waals surface area contributed by atoms with E-state index in [9.17, 15) is 5.11 Å². The molecule has 2 aromatic heterocycles. The maximum atomic E-state index is 10.2. The first kappa shape index (κ1) is 17.0. The first-order valence-electron chi connectivity index (χ1n) is 9.02. The van der Waals surface area contributed by atoms with Crippen LogP contribution in [-0.2, 0) is 25.6 Å². The van der Waals surface area contributed by atoms with Crippen LogP contribution in [0.25, 0.3) is 11.3 Å². The summed E-state index contributed by atoms with van der Waals surface area (Å²) in [6.07, 6.45) is 4.83. The Kier molecular flexibility index (Phi) is 4.38. The zero-order valence-electron chi connectivity index (χ0n) is 15.2. The van der Waals surface area contributed by atoms with Crippen LogP contribution in [0, 0.1) is 6.92 Å². The molecule has 1 aromatic carbocycles. The molecule has 26 heavy (non-hydrogen) atoms. The van der Waals surface area contributed by atoms with E-state index in [1.807, 2.05) is 30.8 Å². The van der Waals surface area contributed by atoms with Crippen LogP contribution in [0.3, 0.4) is 0 Å². The van der Waals surface area contributed by atoms with E-state index in [0.29, 0.717) is 6.54 Å². The van der Waals surface area contributed by atoms with Crippen LogP contribution in [-0.4, -0.2) is 26.7 Å². The molecule has 2 N–H and O–H groups in total. The molecule has 0 fully saturated rings. The minimum atomic E-state index is -0.425. The lowest BCUT2D eigenvalue weighted by molar-refractivity contribution is 0.136. The first-order chi connectivity index (χ1) is 12.6. The minimum Gasteiger partial charge on any atom is -0.394 e. The molecule has 0 spiro atoms. The van der Waals surface area contributed by atoms with Crippen molar-refractivity contribution in [3.63, 3.8) is 0 Å². The van der Waals surface area contributed by atoms with E-state index >= 15 is 0 Å². The molecule has 136 valence electrons. The lowest BCUT2D eigenvalue weighted by Crippen LogP contribution is -2.47. The number of nitrogens with zero attached hydrogens (tertiary/aromatic N) is 3. The number of fused-ring (bicyclic) bond motifs is 1. The fraction of sp³-hybridized carbons (Fsp3) is 0.400. The number of aromatic nitrogens is 3. The lowest BCUT2D eigenvalue weighted by atomic mass is 9.77. The highest BCUT2D eigenvalue weighted by molar-refractivity contribution is 5.60. The zero-order chi connectivity index (χ0) is 18.1. The highest BCUT2D eigenvalue weighted by Gasteiger charge is 2.35. The third-order valence-corrected chi connectivity index (χ3v) is 5.52. The van der Waals surface area contributed by atoms with Gasteiger partial charge in [-0.1, -0.05) is 29.4 Å². The molecule has 0 amide bonds. The van der Waals surface area contributed by atoms with Gasteiger partial charge < -0.3 is 9.63 Å². The summed E-state index contributed by atoms with van der Waals surface area (Å²) < 4.78 is 7.34. The topological polar surface area (TPSA) is 76.1 Å². The van der Waals surface area contributed by atoms with Gasteiger partial charge >= 0.3 is 0 Å². The maximum absolute atomic E-state index is 10.2. The maximum Gasteiger partial charge on any atom is 0.151 e. The summed E-state index contributed by atoms with van der Waals surface area (Å²) in [5.41, 5.74) is 4.88. The second kappa shape index (κ2) is 6.70. The van der Waals surface area contributed by atoms with Crippen molar-refractivity contribution >= 4 is 0 Å².